The second-order valence-corrected chi connectivity index (χ2v) is 6.08. The van der Waals surface area contributed by atoms with Crippen LogP contribution >= 0.6 is 0 Å². The summed E-state index contributed by atoms with van der Waals surface area (Å²) in [6.07, 6.45) is 5.68. The van der Waals surface area contributed by atoms with E-state index in [0.29, 0.717) is 0 Å². The maximum Gasteiger partial charge on any atom is 0.103 e. The number of piperidine rings is 1. The molecule has 0 bridgehead atoms. The average Bonchev–Trinajstić information content (AvgIpc) is 3.10. The predicted octanol–water partition coefficient (Wildman–Crippen LogP) is 3.77. The molecule has 22 heavy (non-hydrogen) atoms. The van der Waals surface area contributed by atoms with Gasteiger partial charge in [0.15, 0.2) is 0 Å². The Kier molecular flexibility index (Phi) is 4.60. The van der Waals surface area contributed by atoms with Crippen molar-refractivity contribution in [3.05, 3.63) is 60.1 Å². The molecule has 1 aromatic carbocycles. The van der Waals surface area contributed by atoms with Gasteiger partial charge < -0.3 is 9.32 Å². The molecule has 0 unspecified atom stereocenters. The summed E-state index contributed by atoms with van der Waals surface area (Å²) >= 11 is 0. The van der Waals surface area contributed by atoms with Crippen molar-refractivity contribution in [3.8, 4) is 6.07 Å². The zero-order valence-corrected chi connectivity index (χ0v) is 12.9. The maximum absolute atomic E-state index is 9.70. The molecular formula is C19H22N2O. The molecule has 1 aromatic heterocycles. The molecule has 1 saturated heterocycles. The minimum absolute atomic E-state index is 0.293. The molecule has 2 aromatic rings. The standard InChI is InChI=1S/C19H22N2O/c20-16-19(17-6-2-1-3-7-17)10-13-21(14-11-19)12-4-8-18-9-5-15-22-18/h1-3,5-7,9,15H,4,8,10-14H2. The highest BCUT2D eigenvalue weighted by Crippen LogP contribution is 2.34. The SMILES string of the molecule is N#CC1(c2ccccc2)CCN(CCCc2ccco2)CC1. The van der Waals surface area contributed by atoms with Crippen LogP contribution in [0.1, 0.15) is 30.6 Å². The van der Waals surface area contributed by atoms with Crippen LogP contribution in [-0.4, -0.2) is 24.5 Å². The maximum atomic E-state index is 9.70. The van der Waals surface area contributed by atoms with Gasteiger partial charge >= 0.3 is 0 Å². The van der Waals surface area contributed by atoms with E-state index in [2.05, 4.69) is 23.1 Å². The third kappa shape index (κ3) is 3.23. The van der Waals surface area contributed by atoms with Gasteiger partial charge in [-0.1, -0.05) is 30.3 Å². The summed E-state index contributed by atoms with van der Waals surface area (Å²) in [6.45, 7) is 3.08. The monoisotopic (exact) mass is 294 g/mol. The molecule has 1 fully saturated rings. The molecule has 0 saturated carbocycles. The first-order valence-electron chi connectivity index (χ1n) is 8.04. The van der Waals surface area contributed by atoms with E-state index in [9.17, 15) is 5.26 Å². The van der Waals surface area contributed by atoms with Crippen LogP contribution < -0.4 is 0 Å². The first-order valence-corrected chi connectivity index (χ1v) is 8.04. The van der Waals surface area contributed by atoms with Crippen molar-refractivity contribution in [2.24, 2.45) is 0 Å². The van der Waals surface area contributed by atoms with Crippen LogP contribution in [0.15, 0.2) is 53.1 Å². The van der Waals surface area contributed by atoms with Gasteiger partial charge in [-0.3, -0.25) is 0 Å². The Morgan fingerprint density at radius 3 is 2.50 bits per heavy atom. The van der Waals surface area contributed by atoms with Crippen molar-refractivity contribution >= 4 is 0 Å². The molecule has 3 heteroatoms. The number of nitriles is 1. The predicted molar refractivity (Wildman–Crippen MR) is 86.4 cm³/mol. The Morgan fingerprint density at radius 1 is 1.09 bits per heavy atom. The van der Waals surface area contributed by atoms with Crippen LogP contribution in [0.5, 0.6) is 0 Å². The summed E-state index contributed by atoms with van der Waals surface area (Å²) in [5.41, 5.74) is 0.881. The Balaban J connectivity index is 1.52. The molecule has 0 atom stereocenters. The van der Waals surface area contributed by atoms with Crippen LogP contribution in [-0.2, 0) is 11.8 Å². The zero-order chi connectivity index (χ0) is 15.3. The summed E-state index contributed by atoms with van der Waals surface area (Å²) in [4.78, 5) is 2.47. The van der Waals surface area contributed by atoms with E-state index in [1.54, 1.807) is 6.26 Å². The fourth-order valence-corrected chi connectivity index (χ4v) is 3.31. The molecule has 0 aliphatic carbocycles. The summed E-state index contributed by atoms with van der Waals surface area (Å²) in [5, 5.41) is 9.70. The van der Waals surface area contributed by atoms with Gasteiger partial charge in [0.2, 0.25) is 0 Å². The summed E-state index contributed by atoms with van der Waals surface area (Å²) < 4.78 is 5.37. The first kappa shape index (κ1) is 14.9. The van der Waals surface area contributed by atoms with Crippen molar-refractivity contribution in [2.75, 3.05) is 19.6 Å². The van der Waals surface area contributed by atoms with Gasteiger partial charge in [-0.15, -0.1) is 0 Å². The van der Waals surface area contributed by atoms with Gasteiger partial charge in [-0.2, -0.15) is 5.26 Å². The number of nitrogens with zero attached hydrogens (tertiary/aromatic N) is 2. The number of likely N-dealkylation sites (tertiary alicyclic amines) is 1. The smallest absolute Gasteiger partial charge is 0.103 e. The third-order valence-corrected chi connectivity index (χ3v) is 4.73. The van der Waals surface area contributed by atoms with Crippen LogP contribution in [0.25, 0.3) is 0 Å². The van der Waals surface area contributed by atoms with E-state index in [0.717, 1.165) is 51.1 Å². The fraction of sp³-hybridized carbons (Fsp3) is 0.421. The lowest BCUT2D eigenvalue weighted by Gasteiger charge is -2.37. The van der Waals surface area contributed by atoms with Gasteiger partial charge in [0.1, 0.15) is 5.76 Å². The van der Waals surface area contributed by atoms with E-state index in [4.69, 9.17) is 4.42 Å². The highest BCUT2D eigenvalue weighted by molar-refractivity contribution is 5.33. The van der Waals surface area contributed by atoms with Gasteiger partial charge in [-0.05, 0) is 56.6 Å². The Hall–Kier alpha value is -2.05. The van der Waals surface area contributed by atoms with E-state index >= 15 is 0 Å². The van der Waals surface area contributed by atoms with Crippen LogP contribution in [0.2, 0.25) is 0 Å². The van der Waals surface area contributed by atoms with Crippen molar-refractivity contribution in [2.45, 2.75) is 31.1 Å². The number of hydrogen-bond acceptors (Lipinski definition) is 3. The molecule has 2 heterocycles. The first-order chi connectivity index (χ1) is 10.8. The van der Waals surface area contributed by atoms with Crippen molar-refractivity contribution < 1.29 is 4.42 Å². The topological polar surface area (TPSA) is 40.2 Å². The second kappa shape index (κ2) is 6.81. The minimum atomic E-state index is -0.293. The normalized spacial score (nSPS) is 18.0. The van der Waals surface area contributed by atoms with Crippen LogP contribution in [0.3, 0.4) is 0 Å². The number of furan rings is 1. The molecule has 0 N–H and O–H groups in total. The number of aryl methyl sites for hydroxylation is 1. The molecule has 0 amide bonds. The van der Waals surface area contributed by atoms with Gasteiger partial charge in [0.05, 0.1) is 17.7 Å². The second-order valence-electron chi connectivity index (χ2n) is 6.08. The molecule has 3 nitrogen and oxygen atoms in total. The Labute approximate surface area is 132 Å². The molecule has 0 radical (unpaired) electrons. The Morgan fingerprint density at radius 2 is 1.86 bits per heavy atom. The lowest BCUT2D eigenvalue weighted by atomic mass is 9.74. The molecule has 114 valence electrons. The van der Waals surface area contributed by atoms with Gasteiger partial charge in [0.25, 0.3) is 0 Å². The van der Waals surface area contributed by atoms with Crippen molar-refractivity contribution in [1.29, 1.82) is 5.26 Å². The fourth-order valence-electron chi connectivity index (χ4n) is 3.31. The average molecular weight is 294 g/mol. The largest absolute Gasteiger partial charge is 0.469 e. The Bertz CT molecular complexity index is 605. The molecule has 1 aliphatic heterocycles. The van der Waals surface area contributed by atoms with Crippen molar-refractivity contribution in [1.82, 2.24) is 4.90 Å². The highest BCUT2D eigenvalue weighted by atomic mass is 16.3. The zero-order valence-electron chi connectivity index (χ0n) is 12.9. The van der Waals surface area contributed by atoms with Crippen molar-refractivity contribution in [3.63, 3.8) is 0 Å². The molecular weight excluding hydrogens is 272 g/mol. The number of rotatable bonds is 5. The van der Waals surface area contributed by atoms with Crippen LogP contribution in [0.4, 0.5) is 0 Å². The molecule has 3 rings (SSSR count). The quantitative estimate of drug-likeness (QED) is 0.842. The van der Waals surface area contributed by atoms with E-state index in [1.807, 2.05) is 30.3 Å². The van der Waals surface area contributed by atoms with E-state index in [-0.39, 0.29) is 5.41 Å². The van der Waals surface area contributed by atoms with E-state index < -0.39 is 0 Å². The summed E-state index contributed by atoms with van der Waals surface area (Å²) in [5.74, 6) is 1.06. The van der Waals surface area contributed by atoms with E-state index in [1.165, 1.54) is 5.56 Å². The number of benzene rings is 1. The van der Waals surface area contributed by atoms with Crippen LogP contribution in [0, 0.1) is 11.3 Å². The molecule has 0 spiro atoms. The lowest BCUT2D eigenvalue weighted by Crippen LogP contribution is -2.42. The molecule has 1 aliphatic rings. The van der Waals surface area contributed by atoms with Gasteiger partial charge in [-0.25, -0.2) is 0 Å². The number of hydrogen-bond donors (Lipinski definition) is 0. The third-order valence-electron chi connectivity index (χ3n) is 4.73. The summed E-state index contributed by atoms with van der Waals surface area (Å²) in [6, 6.07) is 16.8. The lowest BCUT2D eigenvalue weighted by molar-refractivity contribution is 0.183. The summed E-state index contributed by atoms with van der Waals surface area (Å²) in [7, 11) is 0. The van der Waals surface area contributed by atoms with Gasteiger partial charge in [0, 0.05) is 6.42 Å². The minimum Gasteiger partial charge on any atom is -0.469 e. The highest BCUT2D eigenvalue weighted by Gasteiger charge is 2.36.